The van der Waals surface area contributed by atoms with Gasteiger partial charge < -0.3 is 14.7 Å². The third-order valence-electron chi connectivity index (χ3n) is 4.63. The van der Waals surface area contributed by atoms with Crippen molar-refractivity contribution in [2.24, 2.45) is 0 Å². The van der Waals surface area contributed by atoms with Gasteiger partial charge in [-0.1, -0.05) is 23.4 Å². The molecular weight excluding hydrogens is 360 g/mol. The van der Waals surface area contributed by atoms with Crippen molar-refractivity contribution >= 4 is 17.2 Å². The van der Waals surface area contributed by atoms with Gasteiger partial charge in [-0.25, -0.2) is 0 Å². The van der Waals surface area contributed by atoms with Crippen LogP contribution in [-0.2, 0) is 0 Å². The smallest absolute Gasteiger partial charge is 0.261 e. The number of rotatable bonds is 7. The lowest BCUT2D eigenvalue weighted by Crippen LogP contribution is -2.28. The molecule has 2 aromatic heterocycles. The molecule has 1 N–H and O–H groups in total. The fourth-order valence-electron chi connectivity index (χ4n) is 3.20. The van der Waals surface area contributed by atoms with Crippen molar-refractivity contribution in [1.82, 2.24) is 20.4 Å². The van der Waals surface area contributed by atoms with Gasteiger partial charge in [0.25, 0.3) is 11.8 Å². The highest BCUT2D eigenvalue weighted by Gasteiger charge is 2.15. The van der Waals surface area contributed by atoms with E-state index in [-0.39, 0.29) is 5.91 Å². The molecule has 3 aromatic rings. The third-order valence-corrected chi connectivity index (χ3v) is 5.71. The van der Waals surface area contributed by atoms with Crippen molar-refractivity contribution in [3.8, 4) is 22.2 Å². The molecule has 4 rings (SSSR count). The van der Waals surface area contributed by atoms with E-state index in [1.165, 1.54) is 37.3 Å². The first-order chi connectivity index (χ1) is 13.3. The minimum absolute atomic E-state index is 0.0422. The molecule has 0 radical (unpaired) electrons. The van der Waals surface area contributed by atoms with Crippen molar-refractivity contribution in [2.45, 2.75) is 19.3 Å². The van der Waals surface area contributed by atoms with Gasteiger partial charge in [-0.05, 0) is 63.2 Å². The van der Waals surface area contributed by atoms with E-state index in [4.69, 9.17) is 4.52 Å². The van der Waals surface area contributed by atoms with Gasteiger partial charge in [0.1, 0.15) is 0 Å². The van der Waals surface area contributed by atoms with E-state index in [1.54, 1.807) is 0 Å². The summed E-state index contributed by atoms with van der Waals surface area (Å²) in [5.41, 5.74) is 0.878. The first kappa shape index (κ1) is 17.9. The average molecular weight is 382 g/mol. The molecule has 1 aromatic carbocycles. The highest BCUT2D eigenvalue weighted by Crippen LogP contribution is 2.28. The van der Waals surface area contributed by atoms with Crippen LogP contribution in [0.15, 0.2) is 47.0 Å². The minimum Gasteiger partial charge on any atom is -0.351 e. The third kappa shape index (κ3) is 4.43. The summed E-state index contributed by atoms with van der Waals surface area (Å²) in [5.74, 6) is 0.943. The van der Waals surface area contributed by atoms with Crippen LogP contribution in [0.5, 0.6) is 0 Å². The first-order valence-electron chi connectivity index (χ1n) is 9.29. The summed E-state index contributed by atoms with van der Waals surface area (Å²) < 4.78 is 5.34. The number of nitrogens with zero attached hydrogens (tertiary/aromatic N) is 3. The monoisotopic (exact) mass is 382 g/mol. The standard InChI is InChI=1S/C20H22N4O2S/c25-19(21-11-6-14-24-12-4-5-13-24)17-10-9-16(27-17)18-22-20(26-23-18)15-7-2-1-3-8-15/h1-3,7-10H,4-6,11-14H2,(H,21,25). The zero-order chi connectivity index (χ0) is 18.5. The molecule has 6 nitrogen and oxygen atoms in total. The Kier molecular flexibility index (Phi) is 5.60. The molecule has 1 aliphatic rings. The van der Waals surface area contributed by atoms with Gasteiger partial charge in [0.05, 0.1) is 9.75 Å². The van der Waals surface area contributed by atoms with Gasteiger partial charge in [-0.2, -0.15) is 4.98 Å². The summed E-state index contributed by atoms with van der Waals surface area (Å²) in [6, 6.07) is 13.3. The average Bonchev–Trinajstić information content (AvgIpc) is 3.47. The molecule has 0 unspecified atom stereocenters. The maximum Gasteiger partial charge on any atom is 0.261 e. The molecule has 0 saturated carbocycles. The van der Waals surface area contributed by atoms with Crippen molar-refractivity contribution < 1.29 is 9.32 Å². The number of amides is 1. The van der Waals surface area contributed by atoms with Crippen LogP contribution >= 0.6 is 11.3 Å². The van der Waals surface area contributed by atoms with Crippen LogP contribution in [0.1, 0.15) is 28.9 Å². The summed E-state index contributed by atoms with van der Waals surface area (Å²) in [4.78, 5) is 20.7. The van der Waals surface area contributed by atoms with E-state index < -0.39 is 0 Å². The Bertz CT molecular complexity index is 884. The van der Waals surface area contributed by atoms with Crippen molar-refractivity contribution in [3.63, 3.8) is 0 Å². The zero-order valence-corrected chi connectivity index (χ0v) is 15.9. The Hall–Kier alpha value is -2.51. The number of carbonyl (C=O) groups is 1. The van der Waals surface area contributed by atoms with Crippen LogP contribution in [-0.4, -0.2) is 47.1 Å². The number of benzene rings is 1. The maximum absolute atomic E-state index is 12.3. The number of carbonyl (C=O) groups excluding carboxylic acids is 1. The molecule has 140 valence electrons. The molecule has 7 heteroatoms. The van der Waals surface area contributed by atoms with Gasteiger partial charge in [-0.3, -0.25) is 4.79 Å². The van der Waals surface area contributed by atoms with Crippen LogP contribution in [0.25, 0.3) is 22.2 Å². The molecule has 1 saturated heterocycles. The van der Waals surface area contributed by atoms with Gasteiger partial charge >= 0.3 is 0 Å². The van der Waals surface area contributed by atoms with Crippen LogP contribution in [0.2, 0.25) is 0 Å². The fourth-order valence-corrected chi connectivity index (χ4v) is 4.05. The predicted octanol–water partition coefficient (Wildman–Crippen LogP) is 3.68. The quantitative estimate of drug-likeness (QED) is 0.631. The van der Waals surface area contributed by atoms with E-state index in [1.807, 2.05) is 42.5 Å². The van der Waals surface area contributed by atoms with E-state index in [2.05, 4.69) is 20.4 Å². The van der Waals surface area contributed by atoms with Crippen molar-refractivity contribution in [1.29, 1.82) is 0 Å². The lowest BCUT2D eigenvalue weighted by molar-refractivity contribution is 0.0956. The van der Waals surface area contributed by atoms with Gasteiger partial charge in [0.2, 0.25) is 5.82 Å². The van der Waals surface area contributed by atoms with Crippen molar-refractivity contribution in [3.05, 3.63) is 47.3 Å². The van der Waals surface area contributed by atoms with Gasteiger partial charge in [-0.15, -0.1) is 11.3 Å². The molecule has 1 aliphatic heterocycles. The largest absolute Gasteiger partial charge is 0.351 e. The Balaban J connectivity index is 1.32. The summed E-state index contributed by atoms with van der Waals surface area (Å²) >= 11 is 1.38. The lowest BCUT2D eigenvalue weighted by Gasteiger charge is -2.14. The highest BCUT2D eigenvalue weighted by molar-refractivity contribution is 7.17. The molecule has 1 fully saturated rings. The number of hydrogen-bond acceptors (Lipinski definition) is 6. The molecule has 0 spiro atoms. The minimum atomic E-state index is -0.0422. The van der Waals surface area contributed by atoms with Crippen LogP contribution in [0, 0.1) is 0 Å². The van der Waals surface area contributed by atoms with Crippen LogP contribution < -0.4 is 5.32 Å². The van der Waals surface area contributed by atoms with Crippen molar-refractivity contribution in [2.75, 3.05) is 26.2 Å². The normalized spacial score (nSPS) is 14.5. The molecule has 27 heavy (non-hydrogen) atoms. The van der Waals surface area contributed by atoms with Gasteiger partial charge in [0, 0.05) is 12.1 Å². The second-order valence-electron chi connectivity index (χ2n) is 6.61. The second-order valence-corrected chi connectivity index (χ2v) is 7.70. The zero-order valence-electron chi connectivity index (χ0n) is 15.1. The van der Waals surface area contributed by atoms with E-state index in [9.17, 15) is 4.79 Å². The summed E-state index contributed by atoms with van der Waals surface area (Å²) in [5, 5.41) is 7.04. The molecule has 0 atom stereocenters. The number of hydrogen-bond donors (Lipinski definition) is 1. The number of thiophene rings is 1. The SMILES string of the molecule is O=C(NCCCN1CCCC1)c1ccc(-c2noc(-c3ccccc3)n2)s1. The topological polar surface area (TPSA) is 71.3 Å². The van der Waals surface area contributed by atoms with E-state index in [0.29, 0.717) is 23.1 Å². The second kappa shape index (κ2) is 8.45. The number of nitrogens with one attached hydrogen (secondary N) is 1. The summed E-state index contributed by atoms with van der Waals surface area (Å²) in [7, 11) is 0. The highest BCUT2D eigenvalue weighted by atomic mass is 32.1. The molecule has 3 heterocycles. The van der Waals surface area contributed by atoms with Crippen LogP contribution in [0.3, 0.4) is 0 Å². The Morgan fingerprint density at radius 3 is 2.78 bits per heavy atom. The number of aromatic nitrogens is 2. The summed E-state index contributed by atoms with van der Waals surface area (Å²) in [6.07, 6.45) is 3.58. The first-order valence-corrected chi connectivity index (χ1v) is 10.1. The Morgan fingerprint density at radius 2 is 1.96 bits per heavy atom. The molecular formula is C20H22N4O2S. The molecule has 1 amide bonds. The predicted molar refractivity (Wildman–Crippen MR) is 106 cm³/mol. The maximum atomic E-state index is 12.3. The van der Waals surface area contributed by atoms with E-state index >= 15 is 0 Å². The lowest BCUT2D eigenvalue weighted by atomic mass is 10.2. The molecule has 0 aliphatic carbocycles. The number of likely N-dealkylation sites (tertiary alicyclic amines) is 1. The fraction of sp³-hybridized carbons (Fsp3) is 0.350. The summed E-state index contributed by atoms with van der Waals surface area (Å²) in [6.45, 7) is 4.14. The Morgan fingerprint density at radius 1 is 1.15 bits per heavy atom. The van der Waals surface area contributed by atoms with E-state index in [0.717, 1.165) is 23.4 Å². The Labute approximate surface area is 162 Å². The van der Waals surface area contributed by atoms with Crippen LogP contribution in [0.4, 0.5) is 0 Å². The molecule has 0 bridgehead atoms. The van der Waals surface area contributed by atoms with Gasteiger partial charge in [0.15, 0.2) is 0 Å².